The number of amides is 1. The van der Waals surface area contributed by atoms with E-state index in [9.17, 15) is 4.79 Å². The maximum Gasteiger partial charge on any atom is 0.221 e. The average molecular weight is 252 g/mol. The molecule has 1 atom stereocenters. The zero-order chi connectivity index (χ0) is 13.4. The van der Waals surface area contributed by atoms with Crippen molar-refractivity contribution in [3.05, 3.63) is 24.3 Å². The summed E-state index contributed by atoms with van der Waals surface area (Å²) < 4.78 is 10.9. The predicted molar refractivity (Wildman–Crippen MR) is 69.8 cm³/mol. The first-order valence-corrected chi connectivity index (χ1v) is 5.93. The van der Waals surface area contributed by atoms with Gasteiger partial charge in [-0.1, -0.05) is 12.1 Å². The standard InChI is InChI=1S/C13H20N2O3/c1-10(9-15-13(16)7-8-14)18-12-6-4-3-5-11(12)17-2/h3-6,10H,7-9,14H2,1-2H3,(H,15,16). The fraction of sp³-hybridized carbons (Fsp3) is 0.462. The lowest BCUT2D eigenvalue weighted by Gasteiger charge is -2.17. The van der Waals surface area contributed by atoms with Crippen LogP contribution >= 0.6 is 0 Å². The molecule has 18 heavy (non-hydrogen) atoms. The molecule has 1 aromatic carbocycles. The molecule has 0 aliphatic heterocycles. The quantitative estimate of drug-likeness (QED) is 0.757. The summed E-state index contributed by atoms with van der Waals surface area (Å²) >= 11 is 0. The second-order valence-electron chi connectivity index (χ2n) is 3.92. The maximum atomic E-state index is 11.3. The number of hydrogen-bond donors (Lipinski definition) is 2. The molecule has 0 bridgehead atoms. The topological polar surface area (TPSA) is 73.6 Å². The maximum absolute atomic E-state index is 11.3. The summed E-state index contributed by atoms with van der Waals surface area (Å²) in [5.74, 6) is 1.28. The molecule has 0 radical (unpaired) electrons. The van der Waals surface area contributed by atoms with Gasteiger partial charge in [-0.25, -0.2) is 0 Å². The van der Waals surface area contributed by atoms with Crippen molar-refractivity contribution < 1.29 is 14.3 Å². The number of hydrogen-bond acceptors (Lipinski definition) is 4. The van der Waals surface area contributed by atoms with Gasteiger partial charge < -0.3 is 20.5 Å². The first-order chi connectivity index (χ1) is 8.67. The van der Waals surface area contributed by atoms with Crippen molar-refractivity contribution in [1.29, 1.82) is 0 Å². The molecule has 1 aromatic rings. The van der Waals surface area contributed by atoms with E-state index in [1.54, 1.807) is 7.11 Å². The Balaban J connectivity index is 2.44. The summed E-state index contributed by atoms with van der Waals surface area (Å²) in [6, 6.07) is 7.41. The molecule has 100 valence electrons. The Morgan fingerprint density at radius 3 is 2.67 bits per heavy atom. The van der Waals surface area contributed by atoms with Crippen molar-refractivity contribution in [2.24, 2.45) is 5.73 Å². The number of para-hydroxylation sites is 2. The normalized spacial score (nSPS) is 11.7. The number of ether oxygens (including phenoxy) is 2. The lowest BCUT2D eigenvalue weighted by Crippen LogP contribution is -2.34. The van der Waals surface area contributed by atoms with E-state index in [0.717, 1.165) is 0 Å². The van der Waals surface area contributed by atoms with Crippen LogP contribution in [0.15, 0.2) is 24.3 Å². The third kappa shape index (κ3) is 4.63. The van der Waals surface area contributed by atoms with Crippen LogP contribution in [0.5, 0.6) is 11.5 Å². The van der Waals surface area contributed by atoms with E-state index in [0.29, 0.717) is 31.0 Å². The highest BCUT2D eigenvalue weighted by atomic mass is 16.5. The van der Waals surface area contributed by atoms with Crippen molar-refractivity contribution in [1.82, 2.24) is 5.32 Å². The van der Waals surface area contributed by atoms with Crippen LogP contribution < -0.4 is 20.5 Å². The second kappa shape index (κ2) is 7.55. The molecular weight excluding hydrogens is 232 g/mol. The minimum atomic E-state index is -0.136. The molecule has 0 saturated heterocycles. The molecule has 0 saturated carbocycles. The summed E-state index contributed by atoms with van der Waals surface area (Å²) in [5, 5.41) is 2.76. The average Bonchev–Trinajstić information content (AvgIpc) is 2.37. The van der Waals surface area contributed by atoms with Gasteiger partial charge in [0.2, 0.25) is 5.91 Å². The van der Waals surface area contributed by atoms with Gasteiger partial charge in [0.1, 0.15) is 6.10 Å². The molecule has 0 fully saturated rings. The largest absolute Gasteiger partial charge is 0.493 e. The summed E-state index contributed by atoms with van der Waals surface area (Å²) in [5.41, 5.74) is 5.29. The molecule has 0 heterocycles. The lowest BCUT2D eigenvalue weighted by atomic mass is 10.3. The van der Waals surface area contributed by atoms with Crippen LogP contribution in [0.2, 0.25) is 0 Å². The molecule has 1 amide bonds. The van der Waals surface area contributed by atoms with Crippen LogP contribution in [0.25, 0.3) is 0 Å². The first-order valence-electron chi connectivity index (χ1n) is 5.93. The van der Waals surface area contributed by atoms with Crippen LogP contribution in [0.4, 0.5) is 0 Å². The van der Waals surface area contributed by atoms with Crippen LogP contribution in [0.1, 0.15) is 13.3 Å². The first kappa shape index (κ1) is 14.3. The van der Waals surface area contributed by atoms with Gasteiger partial charge in [-0.3, -0.25) is 4.79 Å². The molecule has 5 heteroatoms. The SMILES string of the molecule is COc1ccccc1OC(C)CNC(=O)CCN. The van der Waals surface area contributed by atoms with Crippen molar-refractivity contribution >= 4 is 5.91 Å². The summed E-state index contributed by atoms with van der Waals surface area (Å²) in [7, 11) is 1.59. The summed E-state index contributed by atoms with van der Waals surface area (Å²) in [6.45, 7) is 2.68. The number of carbonyl (C=O) groups is 1. The monoisotopic (exact) mass is 252 g/mol. The van der Waals surface area contributed by atoms with Crippen molar-refractivity contribution in [3.8, 4) is 11.5 Å². The smallest absolute Gasteiger partial charge is 0.221 e. The Morgan fingerprint density at radius 2 is 2.06 bits per heavy atom. The highest BCUT2D eigenvalue weighted by Gasteiger charge is 2.09. The highest BCUT2D eigenvalue weighted by molar-refractivity contribution is 5.76. The van der Waals surface area contributed by atoms with Gasteiger partial charge in [-0.15, -0.1) is 0 Å². The van der Waals surface area contributed by atoms with Crippen LogP contribution in [-0.4, -0.2) is 32.2 Å². The van der Waals surface area contributed by atoms with Crippen molar-refractivity contribution in [3.63, 3.8) is 0 Å². The minimum Gasteiger partial charge on any atom is -0.493 e. The summed E-state index contributed by atoms with van der Waals surface area (Å²) in [4.78, 5) is 11.3. The fourth-order valence-corrected chi connectivity index (χ4v) is 1.45. The molecule has 0 aliphatic carbocycles. The van der Waals surface area contributed by atoms with Gasteiger partial charge >= 0.3 is 0 Å². The number of carbonyl (C=O) groups excluding carboxylic acids is 1. The van der Waals surface area contributed by atoms with E-state index in [1.165, 1.54) is 0 Å². The van der Waals surface area contributed by atoms with Gasteiger partial charge in [-0.2, -0.15) is 0 Å². The van der Waals surface area contributed by atoms with E-state index >= 15 is 0 Å². The number of nitrogens with one attached hydrogen (secondary N) is 1. The molecule has 1 rings (SSSR count). The van der Waals surface area contributed by atoms with Crippen LogP contribution in [0, 0.1) is 0 Å². The highest BCUT2D eigenvalue weighted by Crippen LogP contribution is 2.26. The predicted octanol–water partition coefficient (Wildman–Crippen LogP) is 0.928. The summed E-state index contributed by atoms with van der Waals surface area (Å²) in [6.07, 6.45) is 0.199. The molecule has 0 aliphatic rings. The van der Waals surface area contributed by atoms with Crippen molar-refractivity contribution in [2.45, 2.75) is 19.4 Å². The zero-order valence-corrected chi connectivity index (χ0v) is 10.8. The van der Waals surface area contributed by atoms with Gasteiger partial charge in [0.05, 0.1) is 13.7 Å². The Hall–Kier alpha value is -1.75. The number of rotatable bonds is 7. The third-order valence-electron chi connectivity index (χ3n) is 2.36. The fourth-order valence-electron chi connectivity index (χ4n) is 1.45. The molecule has 3 N–H and O–H groups in total. The number of nitrogens with two attached hydrogens (primary N) is 1. The lowest BCUT2D eigenvalue weighted by molar-refractivity contribution is -0.121. The van der Waals surface area contributed by atoms with E-state index in [4.69, 9.17) is 15.2 Å². The molecule has 0 spiro atoms. The van der Waals surface area contributed by atoms with Gasteiger partial charge in [0.25, 0.3) is 0 Å². The third-order valence-corrected chi connectivity index (χ3v) is 2.36. The molecule has 1 unspecified atom stereocenters. The molecular formula is C13H20N2O3. The molecule has 5 nitrogen and oxygen atoms in total. The number of benzene rings is 1. The zero-order valence-electron chi connectivity index (χ0n) is 10.8. The Kier molecular flexibility index (Phi) is 6.00. The molecule has 0 aromatic heterocycles. The van der Waals surface area contributed by atoms with E-state index < -0.39 is 0 Å². The van der Waals surface area contributed by atoms with Crippen LogP contribution in [0.3, 0.4) is 0 Å². The van der Waals surface area contributed by atoms with E-state index in [-0.39, 0.29) is 12.0 Å². The Labute approximate surface area is 107 Å². The Morgan fingerprint density at radius 1 is 1.39 bits per heavy atom. The van der Waals surface area contributed by atoms with E-state index in [2.05, 4.69) is 5.32 Å². The van der Waals surface area contributed by atoms with Gasteiger partial charge in [0.15, 0.2) is 11.5 Å². The van der Waals surface area contributed by atoms with E-state index in [1.807, 2.05) is 31.2 Å². The minimum absolute atomic E-state index is 0.0621. The second-order valence-corrected chi connectivity index (χ2v) is 3.92. The van der Waals surface area contributed by atoms with Gasteiger partial charge in [-0.05, 0) is 19.1 Å². The van der Waals surface area contributed by atoms with Crippen molar-refractivity contribution in [2.75, 3.05) is 20.2 Å². The Bertz CT molecular complexity index is 382. The van der Waals surface area contributed by atoms with Crippen LogP contribution in [-0.2, 0) is 4.79 Å². The van der Waals surface area contributed by atoms with Gasteiger partial charge in [0, 0.05) is 13.0 Å². The number of methoxy groups -OCH3 is 1.